The van der Waals surface area contributed by atoms with Gasteiger partial charge in [0.1, 0.15) is 17.0 Å². The van der Waals surface area contributed by atoms with Crippen LogP contribution in [0.4, 0.5) is 5.69 Å². The number of hydrogen-bond acceptors (Lipinski definition) is 6. The lowest BCUT2D eigenvalue weighted by Crippen LogP contribution is -2.42. The summed E-state index contributed by atoms with van der Waals surface area (Å²) in [6.45, 7) is 11.1. The van der Waals surface area contributed by atoms with E-state index < -0.39 is 0 Å². The molecule has 5 aromatic heterocycles. The third kappa shape index (κ3) is 5.37. The van der Waals surface area contributed by atoms with E-state index in [0.29, 0.717) is 42.5 Å². The molecule has 1 unspecified atom stereocenters. The number of fused-ring (bicyclic) bond motifs is 4. The van der Waals surface area contributed by atoms with E-state index in [0.717, 1.165) is 77.6 Å². The van der Waals surface area contributed by atoms with Crippen LogP contribution in [-0.4, -0.2) is 58.0 Å². The van der Waals surface area contributed by atoms with Crippen LogP contribution in [0.15, 0.2) is 55.0 Å². The van der Waals surface area contributed by atoms with Crippen molar-refractivity contribution in [2.45, 2.75) is 53.5 Å². The van der Waals surface area contributed by atoms with Gasteiger partial charge in [0.2, 0.25) is 0 Å². The quantitative estimate of drug-likeness (QED) is 0.146. The summed E-state index contributed by atoms with van der Waals surface area (Å²) in [4.78, 5) is 22.0. The molecule has 0 spiro atoms. The molecule has 266 valence electrons. The maximum atomic E-state index is 15.1. The molecule has 0 N–H and O–H groups in total. The number of benzene rings is 2. The van der Waals surface area contributed by atoms with Crippen molar-refractivity contribution in [3.63, 3.8) is 0 Å². The molecule has 6 heterocycles. The SMILES string of the molecule is Cc1cc(OCCCc2c3n(c4c(-c5c(C)nn(C)c5C)c(Cl)ccc24)C(C)CN(c2cn(C)c4ccc(-n5ccnn5)nc24)C3=O)cc(C)c1Cl. The summed E-state index contributed by atoms with van der Waals surface area (Å²) in [5.41, 5.74) is 10.7. The molecular weight excluding hydrogens is 697 g/mol. The van der Waals surface area contributed by atoms with E-state index in [-0.39, 0.29) is 11.9 Å². The monoisotopic (exact) mass is 735 g/mol. The summed E-state index contributed by atoms with van der Waals surface area (Å²) in [7, 11) is 3.92. The van der Waals surface area contributed by atoms with E-state index in [1.807, 2.05) is 85.5 Å². The first-order valence-electron chi connectivity index (χ1n) is 17.3. The van der Waals surface area contributed by atoms with Crippen LogP contribution < -0.4 is 9.64 Å². The number of carbonyl (C=O) groups excluding carboxylic acids is 1. The predicted octanol–water partition coefficient (Wildman–Crippen LogP) is 8.28. The Balaban J connectivity index is 1.26. The number of carbonyl (C=O) groups is 1. The molecule has 1 aliphatic rings. The van der Waals surface area contributed by atoms with Gasteiger partial charge in [-0.15, -0.1) is 5.10 Å². The van der Waals surface area contributed by atoms with Crippen LogP contribution in [0.5, 0.6) is 5.75 Å². The van der Waals surface area contributed by atoms with Gasteiger partial charge >= 0.3 is 0 Å². The Morgan fingerprint density at radius 2 is 1.77 bits per heavy atom. The number of aryl methyl sites for hydroxylation is 6. The molecule has 7 aromatic rings. The van der Waals surface area contributed by atoms with E-state index in [4.69, 9.17) is 38.0 Å². The highest BCUT2D eigenvalue weighted by Crippen LogP contribution is 2.45. The van der Waals surface area contributed by atoms with E-state index >= 15 is 4.79 Å². The van der Waals surface area contributed by atoms with Crippen LogP contribution in [0.1, 0.15) is 58.0 Å². The number of amides is 1. The molecular formula is C39H39Cl2N9O2. The third-order valence-electron chi connectivity index (χ3n) is 10.3. The average molecular weight is 737 g/mol. The van der Waals surface area contributed by atoms with Gasteiger partial charge in [-0.05, 0) is 94.5 Å². The van der Waals surface area contributed by atoms with Crippen LogP contribution in [-0.2, 0) is 20.5 Å². The van der Waals surface area contributed by atoms with Gasteiger partial charge in [-0.1, -0.05) is 34.5 Å². The van der Waals surface area contributed by atoms with Crippen molar-refractivity contribution in [3.8, 4) is 22.7 Å². The lowest BCUT2D eigenvalue weighted by Gasteiger charge is -2.34. The van der Waals surface area contributed by atoms with Gasteiger partial charge in [0.15, 0.2) is 5.82 Å². The molecule has 0 radical (unpaired) electrons. The minimum absolute atomic E-state index is 0.0867. The minimum atomic E-state index is -0.0940. The van der Waals surface area contributed by atoms with Crippen LogP contribution in [0, 0.1) is 27.7 Å². The van der Waals surface area contributed by atoms with Gasteiger partial charge in [0.05, 0.1) is 46.4 Å². The lowest BCUT2D eigenvalue weighted by atomic mass is 9.98. The normalized spacial score (nSPS) is 14.6. The molecule has 0 fully saturated rings. The number of anilines is 1. The van der Waals surface area contributed by atoms with Crippen LogP contribution in [0.2, 0.25) is 10.0 Å². The van der Waals surface area contributed by atoms with Gasteiger partial charge in [0.25, 0.3) is 5.91 Å². The number of ether oxygens (including phenoxy) is 1. The molecule has 11 nitrogen and oxygen atoms in total. The van der Waals surface area contributed by atoms with Crippen LogP contribution in [0.25, 0.3) is 38.9 Å². The first-order valence-corrected chi connectivity index (χ1v) is 18.1. The van der Waals surface area contributed by atoms with E-state index in [9.17, 15) is 0 Å². The first-order chi connectivity index (χ1) is 24.9. The number of halogens is 2. The van der Waals surface area contributed by atoms with E-state index in [1.54, 1.807) is 17.1 Å². The Morgan fingerprint density at radius 3 is 2.46 bits per heavy atom. The molecule has 13 heteroatoms. The molecule has 0 aliphatic carbocycles. The summed E-state index contributed by atoms with van der Waals surface area (Å²) in [5, 5.41) is 15.2. The highest BCUT2D eigenvalue weighted by atomic mass is 35.5. The van der Waals surface area contributed by atoms with Gasteiger partial charge in [0, 0.05) is 60.1 Å². The van der Waals surface area contributed by atoms with Crippen molar-refractivity contribution in [1.29, 1.82) is 0 Å². The fourth-order valence-corrected chi connectivity index (χ4v) is 8.18. The van der Waals surface area contributed by atoms with Crippen molar-refractivity contribution in [1.82, 2.24) is 38.9 Å². The van der Waals surface area contributed by atoms with Crippen molar-refractivity contribution < 1.29 is 9.53 Å². The van der Waals surface area contributed by atoms with Gasteiger partial charge < -0.3 is 18.8 Å². The zero-order valence-electron chi connectivity index (χ0n) is 30.2. The molecule has 0 saturated carbocycles. The number of rotatable bonds is 8. The summed E-state index contributed by atoms with van der Waals surface area (Å²) < 4.78 is 14.0. The minimum Gasteiger partial charge on any atom is -0.494 e. The fourth-order valence-electron chi connectivity index (χ4n) is 7.82. The van der Waals surface area contributed by atoms with Crippen molar-refractivity contribution in [2.24, 2.45) is 14.1 Å². The molecule has 2 aromatic carbocycles. The first kappa shape index (κ1) is 34.0. The fraction of sp³-hybridized carbons (Fsp3) is 0.308. The second kappa shape index (κ2) is 12.8. The van der Waals surface area contributed by atoms with Gasteiger partial charge in [-0.2, -0.15) is 5.10 Å². The van der Waals surface area contributed by atoms with Crippen LogP contribution >= 0.6 is 23.2 Å². The molecule has 8 rings (SSSR count). The zero-order valence-corrected chi connectivity index (χ0v) is 31.7. The van der Waals surface area contributed by atoms with Crippen molar-refractivity contribution >= 4 is 56.7 Å². The lowest BCUT2D eigenvalue weighted by molar-refractivity contribution is 0.0957. The van der Waals surface area contributed by atoms with Crippen molar-refractivity contribution in [2.75, 3.05) is 18.1 Å². The smallest absolute Gasteiger partial charge is 0.275 e. The third-order valence-corrected chi connectivity index (χ3v) is 11.2. The molecule has 52 heavy (non-hydrogen) atoms. The Hall–Kier alpha value is -5.13. The maximum absolute atomic E-state index is 15.1. The standard InChI is InChI=1S/C39H39Cl2N9O2/c1-21-17-26(18-22(2)35(21)41)52-16-8-9-27-28-10-11-29(40)34(33-24(4)44-47(7)25(33)5)37(28)50-23(3)19-48(39(51)38(27)50)31-20-46(6)30-12-13-32(43-36(30)31)49-15-14-42-45-49/h10-15,17-18,20,23H,8-9,16,19H2,1-7H3. The second-order valence-corrected chi connectivity index (χ2v) is 14.6. The summed E-state index contributed by atoms with van der Waals surface area (Å²) >= 11 is 13.5. The number of nitrogens with zero attached hydrogens (tertiary/aromatic N) is 9. The molecule has 0 saturated heterocycles. The van der Waals surface area contributed by atoms with Crippen LogP contribution in [0.3, 0.4) is 0 Å². The average Bonchev–Trinajstić information content (AvgIpc) is 3.89. The van der Waals surface area contributed by atoms with Gasteiger partial charge in [-0.3, -0.25) is 9.48 Å². The molecule has 1 atom stereocenters. The van der Waals surface area contributed by atoms with Gasteiger partial charge in [-0.25, -0.2) is 9.67 Å². The summed E-state index contributed by atoms with van der Waals surface area (Å²) in [6, 6.07) is 11.7. The maximum Gasteiger partial charge on any atom is 0.275 e. The Labute approximate surface area is 311 Å². The molecule has 1 aliphatic heterocycles. The Bertz CT molecular complexity index is 2520. The topological polar surface area (TPSA) is 101 Å². The van der Waals surface area contributed by atoms with Crippen molar-refractivity contribution in [3.05, 3.63) is 98.8 Å². The Kier molecular flexibility index (Phi) is 8.38. The summed E-state index contributed by atoms with van der Waals surface area (Å²) in [6.07, 6.45) is 6.66. The summed E-state index contributed by atoms with van der Waals surface area (Å²) in [5.74, 6) is 1.32. The number of aromatic nitrogens is 8. The number of hydrogen-bond donors (Lipinski definition) is 0. The highest BCUT2D eigenvalue weighted by molar-refractivity contribution is 6.35. The Morgan fingerprint density at radius 1 is 1.00 bits per heavy atom. The van der Waals surface area contributed by atoms with E-state index in [2.05, 4.69) is 34.8 Å². The second-order valence-electron chi connectivity index (χ2n) is 13.8. The predicted molar refractivity (Wildman–Crippen MR) is 205 cm³/mol. The highest BCUT2D eigenvalue weighted by Gasteiger charge is 2.38. The van der Waals surface area contributed by atoms with E-state index in [1.165, 1.54) is 0 Å². The molecule has 1 amide bonds. The number of pyridine rings is 1. The zero-order chi connectivity index (χ0) is 36.6. The largest absolute Gasteiger partial charge is 0.494 e. The molecule has 0 bridgehead atoms.